The van der Waals surface area contributed by atoms with Gasteiger partial charge in [-0.05, 0) is 28.3 Å². The summed E-state index contributed by atoms with van der Waals surface area (Å²) < 4.78 is 5.73. The second-order valence-electron chi connectivity index (χ2n) is 6.38. The summed E-state index contributed by atoms with van der Waals surface area (Å²) in [5.74, 6) is 0. The summed E-state index contributed by atoms with van der Waals surface area (Å²) in [5, 5.41) is -1.46. The fourth-order valence-corrected chi connectivity index (χ4v) is 5.01. The molecule has 3 aromatic rings. The molecular formula is C21H13B2IO2S. The molecule has 0 N–H and O–H groups in total. The van der Waals surface area contributed by atoms with Crippen molar-refractivity contribution in [3.05, 3.63) is 95.1 Å². The van der Waals surface area contributed by atoms with E-state index in [1.165, 1.54) is 0 Å². The van der Waals surface area contributed by atoms with Gasteiger partial charge in [0.05, 0.1) is 13.2 Å². The van der Waals surface area contributed by atoms with Crippen LogP contribution in [0.1, 0.15) is 28.4 Å². The highest BCUT2D eigenvalue weighted by Gasteiger charge is 2.45. The van der Waals surface area contributed by atoms with Gasteiger partial charge in [-0.1, -0.05) is 84.0 Å². The normalized spacial score (nSPS) is 20.6. The van der Waals surface area contributed by atoms with Crippen molar-refractivity contribution in [3.8, 4) is 0 Å². The molecule has 2 nitrogen and oxygen atoms in total. The smallest absolute Gasteiger partial charge is 0.199 e. The molecule has 27 heavy (non-hydrogen) atoms. The average Bonchev–Trinajstić information content (AvgIpc) is 2.70. The Balaban J connectivity index is 1.89. The summed E-state index contributed by atoms with van der Waals surface area (Å²) in [4.78, 5) is 14.2. The summed E-state index contributed by atoms with van der Waals surface area (Å²) in [6.45, 7) is 0. The molecule has 0 saturated carbocycles. The topological polar surface area (TPSA) is 26.3 Å². The molecule has 0 unspecified atom stereocenters. The van der Waals surface area contributed by atoms with Gasteiger partial charge in [-0.25, -0.2) is 0 Å². The van der Waals surface area contributed by atoms with Gasteiger partial charge in [-0.2, -0.15) is 0 Å². The lowest BCUT2D eigenvalue weighted by Gasteiger charge is -2.40. The van der Waals surface area contributed by atoms with Gasteiger partial charge < -0.3 is 3.07 Å². The molecule has 128 valence electrons. The Morgan fingerprint density at radius 3 is 2.00 bits per heavy atom. The number of rotatable bonds is 3. The Kier molecular flexibility index (Phi) is 5.23. The van der Waals surface area contributed by atoms with Gasteiger partial charge in [0.2, 0.25) is 0 Å². The summed E-state index contributed by atoms with van der Waals surface area (Å²) in [7, 11) is 12.9. The first-order valence-corrected chi connectivity index (χ1v) is 10.1. The quantitative estimate of drug-likeness (QED) is 0.324. The molecule has 0 saturated heterocycles. The Bertz CT molecular complexity index is 977. The maximum Gasteiger partial charge on any atom is 0.199 e. The first-order chi connectivity index (χ1) is 13.1. The largest absolute Gasteiger partial charge is 0.303 e. The fraction of sp³-hybridized carbons (Fsp3) is 0.0952. The molecule has 3 aromatic carbocycles. The van der Waals surface area contributed by atoms with Crippen LogP contribution in [-0.2, 0) is 13.2 Å². The third kappa shape index (κ3) is 3.08. The van der Waals surface area contributed by atoms with Crippen LogP contribution in [0.25, 0.3) is 0 Å². The maximum atomic E-state index is 13.5. The lowest BCUT2D eigenvalue weighted by atomic mass is 9.55. The number of benzene rings is 3. The molecule has 1 aliphatic rings. The molecule has 4 radical (unpaired) electrons. The number of hydrogen-bond donors (Lipinski definition) is 0. The van der Waals surface area contributed by atoms with E-state index in [-0.39, 0.29) is 11.2 Å². The lowest BCUT2D eigenvalue weighted by Crippen LogP contribution is -2.41. The predicted octanol–water partition coefficient (Wildman–Crippen LogP) is 3.98. The molecular weight excluding hydrogens is 465 g/mol. The van der Waals surface area contributed by atoms with E-state index < -0.39 is 5.31 Å². The molecule has 4 rings (SSSR count). The number of fused-ring (bicyclic) bond motifs is 2. The van der Waals surface area contributed by atoms with Crippen LogP contribution in [0.15, 0.2) is 77.7 Å². The van der Waals surface area contributed by atoms with Crippen molar-refractivity contribution in [1.29, 1.82) is 0 Å². The summed E-state index contributed by atoms with van der Waals surface area (Å²) in [5.41, 5.74) is 3.89. The second kappa shape index (κ2) is 7.49. The van der Waals surface area contributed by atoms with Crippen molar-refractivity contribution in [1.82, 2.24) is 0 Å². The molecule has 0 aliphatic heterocycles. The standard InChI is InChI=1S/C21H13B2IO2S/c22-17-11-5-6-12-18(17)27-20(25)21(23)15-9-3-1-7-13(15)19(26-24)14-8-2-4-10-16(14)21/h1-12,19H. The molecule has 0 heterocycles. The number of carbonyl (C=O) groups is 1. The Morgan fingerprint density at radius 1 is 0.926 bits per heavy atom. The van der Waals surface area contributed by atoms with E-state index in [4.69, 9.17) is 18.8 Å². The van der Waals surface area contributed by atoms with E-state index in [0.29, 0.717) is 10.4 Å². The zero-order valence-electron chi connectivity index (χ0n) is 14.3. The van der Waals surface area contributed by atoms with Gasteiger partial charge in [0.1, 0.15) is 37.0 Å². The van der Waals surface area contributed by atoms with Crippen molar-refractivity contribution in [2.45, 2.75) is 16.3 Å². The third-order valence-corrected chi connectivity index (χ3v) is 6.48. The minimum absolute atomic E-state index is 0.174. The van der Waals surface area contributed by atoms with Crippen LogP contribution >= 0.6 is 34.8 Å². The minimum atomic E-state index is -1.29. The molecule has 0 aromatic heterocycles. The summed E-state index contributed by atoms with van der Waals surface area (Å²) in [6.07, 6.45) is -0.269. The maximum absolute atomic E-state index is 13.5. The van der Waals surface area contributed by atoms with Crippen molar-refractivity contribution in [3.63, 3.8) is 0 Å². The highest BCUT2D eigenvalue weighted by molar-refractivity contribution is 14.1. The van der Waals surface area contributed by atoms with Crippen LogP contribution in [0.2, 0.25) is 0 Å². The first kappa shape index (κ1) is 18.8. The van der Waals surface area contributed by atoms with Crippen LogP contribution in [0, 0.1) is 0 Å². The van der Waals surface area contributed by atoms with Crippen molar-refractivity contribution in [2.75, 3.05) is 0 Å². The number of carbonyl (C=O) groups excluding carboxylic acids is 1. The van der Waals surface area contributed by atoms with E-state index >= 15 is 0 Å². The molecule has 0 fully saturated rings. The van der Waals surface area contributed by atoms with Gasteiger partial charge in [0, 0.05) is 4.90 Å². The molecule has 0 atom stereocenters. The summed E-state index contributed by atoms with van der Waals surface area (Å²) >= 11 is 2.99. The van der Waals surface area contributed by atoms with Gasteiger partial charge in [-0.3, -0.25) is 4.79 Å². The molecule has 0 bridgehead atoms. The number of halogens is 1. The van der Waals surface area contributed by atoms with Crippen LogP contribution < -0.4 is 5.46 Å². The Labute approximate surface area is 179 Å². The SMILES string of the molecule is [B]c1ccccc1SC(=O)C1([B])c2ccccc2C(OI)c2ccccc21. The molecule has 0 spiro atoms. The van der Waals surface area contributed by atoms with Crippen LogP contribution in [0.5, 0.6) is 0 Å². The highest BCUT2D eigenvalue weighted by atomic mass is 127. The monoisotopic (exact) mass is 478 g/mol. The van der Waals surface area contributed by atoms with E-state index in [0.717, 1.165) is 34.0 Å². The van der Waals surface area contributed by atoms with E-state index in [2.05, 4.69) is 0 Å². The van der Waals surface area contributed by atoms with Gasteiger partial charge in [0.15, 0.2) is 5.12 Å². The highest BCUT2D eigenvalue weighted by Crippen LogP contribution is 2.48. The van der Waals surface area contributed by atoms with Crippen LogP contribution in [-0.4, -0.2) is 20.8 Å². The zero-order chi connectivity index (χ0) is 19.0. The molecule has 1 aliphatic carbocycles. The van der Waals surface area contributed by atoms with Crippen LogP contribution in [0.4, 0.5) is 0 Å². The van der Waals surface area contributed by atoms with Gasteiger partial charge in [-0.15, -0.1) is 0 Å². The number of hydrogen-bond acceptors (Lipinski definition) is 3. The third-order valence-electron chi connectivity index (χ3n) is 4.87. The van der Waals surface area contributed by atoms with Crippen molar-refractivity contribution >= 4 is 61.0 Å². The van der Waals surface area contributed by atoms with E-state index in [1.54, 1.807) is 6.07 Å². The number of thioether (sulfide) groups is 1. The van der Waals surface area contributed by atoms with E-state index in [9.17, 15) is 4.79 Å². The van der Waals surface area contributed by atoms with Crippen molar-refractivity contribution in [2.24, 2.45) is 0 Å². The average molecular weight is 478 g/mol. The first-order valence-electron chi connectivity index (χ1n) is 8.39. The molecule has 0 amide bonds. The Hall–Kier alpha value is -1.50. The van der Waals surface area contributed by atoms with Crippen LogP contribution in [0.3, 0.4) is 0 Å². The Morgan fingerprint density at radius 2 is 1.44 bits per heavy atom. The predicted molar refractivity (Wildman–Crippen MR) is 119 cm³/mol. The van der Waals surface area contributed by atoms with Gasteiger partial charge >= 0.3 is 0 Å². The van der Waals surface area contributed by atoms with Crippen molar-refractivity contribution < 1.29 is 7.86 Å². The minimum Gasteiger partial charge on any atom is -0.303 e. The summed E-state index contributed by atoms with van der Waals surface area (Å²) in [6, 6.07) is 22.7. The zero-order valence-corrected chi connectivity index (χ0v) is 17.2. The second-order valence-corrected chi connectivity index (χ2v) is 7.90. The van der Waals surface area contributed by atoms with E-state index in [1.807, 2.05) is 89.7 Å². The molecule has 6 heteroatoms. The lowest BCUT2D eigenvalue weighted by molar-refractivity contribution is -0.112. The fourth-order valence-electron chi connectivity index (χ4n) is 3.55. The van der Waals surface area contributed by atoms with Gasteiger partial charge in [0.25, 0.3) is 0 Å².